The maximum atomic E-state index is 9.65. The number of aromatic nitrogens is 2. The number of aromatic amines is 1. The Morgan fingerprint density at radius 1 is 0.962 bits per heavy atom. The zero-order valence-corrected chi connectivity index (χ0v) is 14.9. The highest BCUT2D eigenvalue weighted by Crippen LogP contribution is 2.28. The van der Waals surface area contributed by atoms with Crippen LogP contribution in [0.4, 0.5) is 0 Å². The van der Waals surface area contributed by atoms with Crippen LogP contribution in [-0.2, 0) is 6.54 Å². The molecule has 1 aliphatic rings. The Labute approximate surface area is 154 Å². The standard InChI is InChI=1S/C22H25N3O/c26-16-21-8-4-5-13-25(21)15-20-14-23-24-22(20)19-11-9-18(10-12-19)17-6-2-1-3-7-17/h1-3,6-7,9-12,14,21,26H,4-5,8,13,15-16H2,(H,23,24). The summed E-state index contributed by atoms with van der Waals surface area (Å²) in [5.41, 5.74) is 5.86. The van der Waals surface area contributed by atoms with Crippen molar-refractivity contribution in [2.24, 2.45) is 0 Å². The lowest BCUT2D eigenvalue weighted by molar-refractivity contribution is 0.0842. The second-order valence-corrected chi connectivity index (χ2v) is 7.02. The Kier molecular flexibility index (Phi) is 5.14. The average molecular weight is 347 g/mol. The Morgan fingerprint density at radius 2 is 1.69 bits per heavy atom. The summed E-state index contributed by atoms with van der Waals surface area (Å²) in [6.45, 7) is 2.11. The zero-order valence-electron chi connectivity index (χ0n) is 14.9. The Hall–Kier alpha value is -2.43. The molecule has 0 amide bonds. The van der Waals surface area contributed by atoms with Crippen LogP contribution >= 0.6 is 0 Å². The van der Waals surface area contributed by atoms with Crippen LogP contribution in [0.25, 0.3) is 22.4 Å². The first-order chi connectivity index (χ1) is 12.8. The van der Waals surface area contributed by atoms with Crippen molar-refractivity contribution in [2.45, 2.75) is 31.8 Å². The van der Waals surface area contributed by atoms with E-state index in [1.54, 1.807) is 0 Å². The van der Waals surface area contributed by atoms with Crippen LogP contribution in [-0.4, -0.2) is 39.4 Å². The molecule has 1 atom stereocenters. The molecule has 4 rings (SSSR count). The number of aliphatic hydroxyl groups is 1. The van der Waals surface area contributed by atoms with E-state index in [4.69, 9.17) is 0 Å². The van der Waals surface area contributed by atoms with Crippen LogP contribution in [0.5, 0.6) is 0 Å². The van der Waals surface area contributed by atoms with E-state index in [-0.39, 0.29) is 12.6 Å². The summed E-state index contributed by atoms with van der Waals surface area (Å²) >= 11 is 0. The summed E-state index contributed by atoms with van der Waals surface area (Å²) in [5, 5.41) is 17.1. The van der Waals surface area contributed by atoms with Crippen molar-refractivity contribution >= 4 is 0 Å². The highest BCUT2D eigenvalue weighted by molar-refractivity contribution is 5.69. The highest BCUT2D eigenvalue weighted by Gasteiger charge is 2.23. The van der Waals surface area contributed by atoms with Gasteiger partial charge < -0.3 is 5.11 Å². The molecule has 2 N–H and O–H groups in total. The molecule has 0 bridgehead atoms. The fraction of sp³-hybridized carbons (Fsp3) is 0.318. The van der Waals surface area contributed by atoms with Gasteiger partial charge in [-0.15, -0.1) is 0 Å². The molecule has 1 aliphatic heterocycles. The van der Waals surface area contributed by atoms with E-state index >= 15 is 0 Å². The maximum Gasteiger partial charge on any atom is 0.0695 e. The predicted octanol–water partition coefficient (Wildman–Crippen LogP) is 4.09. The van der Waals surface area contributed by atoms with E-state index in [0.717, 1.165) is 30.8 Å². The first kappa shape index (κ1) is 17.0. The minimum absolute atomic E-state index is 0.235. The third-order valence-electron chi connectivity index (χ3n) is 5.33. The lowest BCUT2D eigenvalue weighted by Crippen LogP contribution is -2.41. The number of H-pyrrole nitrogens is 1. The van der Waals surface area contributed by atoms with E-state index in [1.807, 2.05) is 12.3 Å². The van der Waals surface area contributed by atoms with Gasteiger partial charge in [0.05, 0.1) is 18.5 Å². The molecule has 2 aromatic carbocycles. The first-order valence-electron chi connectivity index (χ1n) is 9.38. The van der Waals surface area contributed by atoms with Crippen LogP contribution in [0, 0.1) is 0 Å². The highest BCUT2D eigenvalue weighted by atomic mass is 16.3. The quantitative estimate of drug-likeness (QED) is 0.731. The summed E-state index contributed by atoms with van der Waals surface area (Å²) < 4.78 is 0. The molecule has 3 aromatic rings. The predicted molar refractivity (Wildman–Crippen MR) is 105 cm³/mol. The van der Waals surface area contributed by atoms with E-state index in [2.05, 4.69) is 63.6 Å². The van der Waals surface area contributed by atoms with Crippen LogP contribution in [0.15, 0.2) is 60.8 Å². The van der Waals surface area contributed by atoms with E-state index in [9.17, 15) is 5.11 Å². The first-order valence-corrected chi connectivity index (χ1v) is 9.38. The molecule has 0 spiro atoms. The zero-order chi connectivity index (χ0) is 17.8. The van der Waals surface area contributed by atoms with Crippen LogP contribution in [0.3, 0.4) is 0 Å². The summed E-state index contributed by atoms with van der Waals surface area (Å²) in [7, 11) is 0. The monoisotopic (exact) mass is 347 g/mol. The number of aliphatic hydroxyl groups excluding tert-OH is 1. The number of rotatable bonds is 5. The summed E-state index contributed by atoms with van der Waals surface area (Å²) in [4.78, 5) is 2.39. The van der Waals surface area contributed by atoms with Gasteiger partial charge in [0, 0.05) is 18.2 Å². The Balaban J connectivity index is 1.55. The van der Waals surface area contributed by atoms with Gasteiger partial charge in [0.25, 0.3) is 0 Å². The molecule has 0 radical (unpaired) electrons. The number of benzene rings is 2. The molecule has 0 saturated carbocycles. The number of hydrogen-bond donors (Lipinski definition) is 2. The Bertz CT molecular complexity index is 826. The number of piperidine rings is 1. The topological polar surface area (TPSA) is 52.1 Å². The SMILES string of the molecule is OCC1CCCCN1Cc1cn[nH]c1-c1ccc(-c2ccccc2)cc1. The normalized spacial score (nSPS) is 18.1. The van der Waals surface area contributed by atoms with Crippen molar-refractivity contribution < 1.29 is 5.11 Å². The number of nitrogens with one attached hydrogen (secondary N) is 1. The molecule has 1 fully saturated rings. The number of nitrogens with zero attached hydrogens (tertiary/aromatic N) is 2. The van der Waals surface area contributed by atoms with Gasteiger partial charge in [-0.3, -0.25) is 10.00 Å². The lowest BCUT2D eigenvalue weighted by Gasteiger charge is -2.34. The summed E-state index contributed by atoms with van der Waals surface area (Å²) in [6, 6.07) is 19.3. The number of hydrogen-bond acceptors (Lipinski definition) is 3. The molecule has 4 nitrogen and oxygen atoms in total. The van der Waals surface area contributed by atoms with Crippen molar-refractivity contribution in [1.82, 2.24) is 15.1 Å². The largest absolute Gasteiger partial charge is 0.395 e. The minimum Gasteiger partial charge on any atom is -0.395 e. The molecule has 4 heteroatoms. The summed E-state index contributed by atoms with van der Waals surface area (Å²) in [6.07, 6.45) is 5.41. The van der Waals surface area contributed by atoms with Gasteiger partial charge in [0.2, 0.25) is 0 Å². The van der Waals surface area contributed by atoms with Gasteiger partial charge in [-0.25, -0.2) is 0 Å². The fourth-order valence-electron chi connectivity index (χ4n) is 3.83. The third kappa shape index (κ3) is 3.57. The van der Waals surface area contributed by atoms with Crippen LogP contribution < -0.4 is 0 Å². The van der Waals surface area contributed by atoms with Crippen molar-refractivity contribution in [2.75, 3.05) is 13.2 Å². The molecule has 1 unspecified atom stereocenters. The van der Waals surface area contributed by atoms with Gasteiger partial charge in [0.1, 0.15) is 0 Å². The van der Waals surface area contributed by atoms with Gasteiger partial charge in [-0.2, -0.15) is 5.10 Å². The second-order valence-electron chi connectivity index (χ2n) is 7.02. The molecule has 134 valence electrons. The Morgan fingerprint density at radius 3 is 2.46 bits per heavy atom. The minimum atomic E-state index is 0.235. The van der Waals surface area contributed by atoms with E-state index in [0.29, 0.717) is 0 Å². The van der Waals surface area contributed by atoms with Crippen molar-refractivity contribution in [1.29, 1.82) is 0 Å². The van der Waals surface area contributed by atoms with Gasteiger partial charge in [-0.05, 0) is 36.1 Å². The summed E-state index contributed by atoms with van der Waals surface area (Å²) in [5.74, 6) is 0. The fourth-order valence-corrected chi connectivity index (χ4v) is 3.83. The molecular weight excluding hydrogens is 322 g/mol. The number of likely N-dealkylation sites (tertiary alicyclic amines) is 1. The smallest absolute Gasteiger partial charge is 0.0695 e. The van der Waals surface area contributed by atoms with Crippen molar-refractivity contribution in [3.63, 3.8) is 0 Å². The van der Waals surface area contributed by atoms with Gasteiger partial charge >= 0.3 is 0 Å². The van der Waals surface area contributed by atoms with E-state index < -0.39 is 0 Å². The molecule has 1 saturated heterocycles. The van der Waals surface area contributed by atoms with Crippen LogP contribution in [0.2, 0.25) is 0 Å². The van der Waals surface area contributed by atoms with Crippen LogP contribution in [0.1, 0.15) is 24.8 Å². The molecule has 0 aliphatic carbocycles. The van der Waals surface area contributed by atoms with E-state index in [1.165, 1.54) is 29.5 Å². The molecule has 26 heavy (non-hydrogen) atoms. The lowest BCUT2D eigenvalue weighted by atomic mass is 9.99. The van der Waals surface area contributed by atoms with Gasteiger partial charge in [-0.1, -0.05) is 61.0 Å². The molecular formula is C22H25N3O. The van der Waals surface area contributed by atoms with Crippen molar-refractivity contribution in [3.8, 4) is 22.4 Å². The van der Waals surface area contributed by atoms with Gasteiger partial charge in [0.15, 0.2) is 0 Å². The molecule has 1 aromatic heterocycles. The molecule has 2 heterocycles. The third-order valence-corrected chi connectivity index (χ3v) is 5.33. The maximum absolute atomic E-state index is 9.65. The second kappa shape index (κ2) is 7.85. The van der Waals surface area contributed by atoms with Crippen molar-refractivity contribution in [3.05, 3.63) is 66.4 Å². The average Bonchev–Trinajstić information content (AvgIpc) is 3.17.